The van der Waals surface area contributed by atoms with E-state index in [2.05, 4.69) is 25.1 Å². The maximum absolute atomic E-state index is 13.0. The third-order valence-electron chi connectivity index (χ3n) is 4.66. The van der Waals surface area contributed by atoms with Crippen molar-refractivity contribution in [2.45, 2.75) is 56.4 Å². The molecule has 14 nitrogen and oxygen atoms in total. The molecule has 0 radical (unpaired) electrons. The van der Waals surface area contributed by atoms with E-state index >= 15 is 0 Å². The molecular weight excluding hydrogens is 514 g/mol. The third kappa shape index (κ3) is 6.63. The number of thioether (sulfide) groups is 1. The minimum atomic E-state index is -1.22. The molecule has 2 aliphatic rings. The Kier molecular flexibility index (Phi) is 8.39. The molecule has 0 spiro atoms. The van der Waals surface area contributed by atoms with Gasteiger partial charge in [-0.25, -0.2) is 9.59 Å². The number of nitrogens with one attached hydrogen (secondary N) is 2. The van der Waals surface area contributed by atoms with Crippen molar-refractivity contribution in [2.24, 2.45) is 5.16 Å². The lowest BCUT2D eigenvalue weighted by Gasteiger charge is -2.49. The van der Waals surface area contributed by atoms with Gasteiger partial charge in [0.1, 0.15) is 29.3 Å². The quantitative estimate of drug-likeness (QED) is 0.147. The fourth-order valence-corrected chi connectivity index (χ4v) is 4.97. The highest BCUT2D eigenvalue weighted by atomic mass is 32.2. The zero-order valence-electron chi connectivity index (χ0n) is 20.0. The van der Waals surface area contributed by atoms with Gasteiger partial charge in [0, 0.05) is 29.7 Å². The van der Waals surface area contributed by atoms with Gasteiger partial charge in [0.05, 0.1) is 0 Å². The van der Waals surface area contributed by atoms with E-state index < -0.39 is 40.9 Å². The van der Waals surface area contributed by atoms with Crippen molar-refractivity contribution in [1.29, 1.82) is 0 Å². The summed E-state index contributed by atoms with van der Waals surface area (Å²) in [4.78, 5) is 59.1. The van der Waals surface area contributed by atoms with Crippen LogP contribution in [0.3, 0.4) is 0 Å². The number of anilines is 1. The number of ether oxygens (including phenoxy) is 1. The van der Waals surface area contributed by atoms with Gasteiger partial charge in [-0.2, -0.15) is 9.36 Å². The van der Waals surface area contributed by atoms with Crippen LogP contribution in [-0.2, 0) is 24.0 Å². The molecule has 3 amide bonds. The second kappa shape index (κ2) is 11.1. The highest BCUT2D eigenvalue weighted by Gasteiger charge is 2.54. The number of carboxylic acids is 1. The van der Waals surface area contributed by atoms with Crippen LogP contribution in [0.25, 0.3) is 0 Å². The molecule has 1 fully saturated rings. The number of β-lactam (4-membered cyclic amide) rings is 1. The molecule has 196 valence electrons. The Morgan fingerprint density at radius 1 is 1.33 bits per heavy atom. The number of hydrogen-bond donors (Lipinski definition) is 4. The molecule has 0 aromatic carbocycles. The number of nitrogens with zero attached hydrogens (tertiary/aromatic N) is 4. The van der Waals surface area contributed by atoms with E-state index in [-0.39, 0.29) is 40.8 Å². The first kappa shape index (κ1) is 27.2. The van der Waals surface area contributed by atoms with Crippen molar-refractivity contribution >= 4 is 58.0 Å². The monoisotopic (exact) mass is 541 g/mol. The van der Waals surface area contributed by atoms with Crippen molar-refractivity contribution in [2.75, 3.05) is 18.9 Å². The number of nitrogen functional groups attached to an aromatic ring is 1. The van der Waals surface area contributed by atoms with Gasteiger partial charge in [-0.15, -0.1) is 11.8 Å². The summed E-state index contributed by atoms with van der Waals surface area (Å²) in [5, 5.41) is 17.7. The molecule has 2 unspecified atom stereocenters. The summed E-state index contributed by atoms with van der Waals surface area (Å²) in [6.45, 7) is 7.34. The van der Waals surface area contributed by atoms with Gasteiger partial charge in [-0.1, -0.05) is 5.16 Å². The number of carboxylic acid groups (broad SMARTS) is 1. The normalized spacial score (nSPS) is 21.6. The lowest BCUT2D eigenvalue weighted by Crippen LogP contribution is -2.71. The van der Waals surface area contributed by atoms with Crippen LogP contribution in [0, 0.1) is 0 Å². The van der Waals surface area contributed by atoms with Gasteiger partial charge in [0.15, 0.2) is 5.13 Å². The number of rotatable bonds is 9. The number of amides is 3. The molecule has 1 aromatic heterocycles. The number of alkyl carbamates (subject to hydrolysis) is 1. The van der Waals surface area contributed by atoms with Crippen LogP contribution < -0.4 is 16.4 Å². The fraction of sp³-hybridized carbons (Fsp3) is 0.550. The molecule has 0 aliphatic carbocycles. The Morgan fingerprint density at radius 2 is 2.06 bits per heavy atom. The molecule has 0 saturated carbocycles. The first-order valence-corrected chi connectivity index (χ1v) is 12.6. The highest BCUT2D eigenvalue weighted by Crippen LogP contribution is 2.40. The zero-order chi connectivity index (χ0) is 26.6. The number of nitrogens with two attached hydrogens (primary N) is 1. The summed E-state index contributed by atoms with van der Waals surface area (Å²) >= 11 is 2.19. The van der Waals surface area contributed by atoms with Crippen molar-refractivity contribution in [3.05, 3.63) is 17.6 Å². The molecule has 0 bridgehead atoms. The minimum absolute atomic E-state index is 0.0467. The molecule has 3 atom stereocenters. The first-order chi connectivity index (χ1) is 16.9. The van der Waals surface area contributed by atoms with Crippen LogP contribution in [0.1, 0.15) is 39.9 Å². The Hall–Kier alpha value is -3.40. The van der Waals surface area contributed by atoms with Gasteiger partial charge in [-0.3, -0.25) is 14.5 Å². The molecule has 3 heterocycles. The van der Waals surface area contributed by atoms with Crippen LogP contribution in [0.2, 0.25) is 0 Å². The molecule has 2 aliphatic heterocycles. The lowest BCUT2D eigenvalue weighted by atomic mass is 10.0. The first-order valence-electron chi connectivity index (χ1n) is 10.9. The van der Waals surface area contributed by atoms with Crippen LogP contribution in [0.15, 0.2) is 16.9 Å². The molecule has 36 heavy (non-hydrogen) atoms. The smallest absolute Gasteiger partial charge is 0.407 e. The maximum atomic E-state index is 13.0. The largest absolute Gasteiger partial charge is 0.477 e. The minimum Gasteiger partial charge on any atom is -0.477 e. The van der Waals surface area contributed by atoms with Gasteiger partial charge >= 0.3 is 12.1 Å². The van der Waals surface area contributed by atoms with E-state index in [4.69, 9.17) is 15.3 Å². The van der Waals surface area contributed by atoms with Crippen LogP contribution in [0.4, 0.5) is 9.93 Å². The van der Waals surface area contributed by atoms with Crippen molar-refractivity contribution in [1.82, 2.24) is 24.9 Å². The molecule has 16 heteroatoms. The van der Waals surface area contributed by atoms with Gasteiger partial charge < -0.3 is 31.0 Å². The van der Waals surface area contributed by atoms with E-state index in [0.717, 1.165) is 16.4 Å². The molecule has 1 aromatic rings. The summed E-state index contributed by atoms with van der Waals surface area (Å²) < 4.78 is 9.11. The number of carbonyl (C=O) groups excluding carboxylic acids is 3. The fourth-order valence-electron chi connectivity index (χ4n) is 3.20. The van der Waals surface area contributed by atoms with E-state index in [1.807, 2.05) is 0 Å². The number of oxime groups is 1. The number of fused-ring (bicyclic) bond motifs is 1. The van der Waals surface area contributed by atoms with Crippen LogP contribution in [0.5, 0.6) is 0 Å². The van der Waals surface area contributed by atoms with Crippen molar-refractivity contribution in [3.8, 4) is 0 Å². The van der Waals surface area contributed by atoms with Crippen molar-refractivity contribution in [3.63, 3.8) is 0 Å². The maximum Gasteiger partial charge on any atom is 0.407 e. The number of hydrogen-bond acceptors (Lipinski definition) is 12. The van der Waals surface area contributed by atoms with Crippen LogP contribution in [-0.4, -0.2) is 84.4 Å². The Balaban J connectivity index is 1.60. The topological polar surface area (TPSA) is 198 Å². The summed E-state index contributed by atoms with van der Waals surface area (Å²) in [5.74, 6) is -2.64. The predicted octanol–water partition coefficient (Wildman–Crippen LogP) is 0.513. The molecular formula is C20H27N7O7S2. The van der Waals surface area contributed by atoms with Gasteiger partial charge in [0.2, 0.25) is 11.5 Å². The van der Waals surface area contributed by atoms with E-state index in [9.17, 15) is 24.3 Å². The average molecular weight is 542 g/mol. The summed E-state index contributed by atoms with van der Waals surface area (Å²) in [7, 11) is 0. The summed E-state index contributed by atoms with van der Waals surface area (Å²) in [5.41, 5.74) is 4.60. The van der Waals surface area contributed by atoms with E-state index in [1.165, 1.54) is 17.8 Å². The second-order valence-corrected chi connectivity index (χ2v) is 11.0. The number of aromatic nitrogens is 2. The second-order valence-electron chi connectivity index (χ2n) is 8.76. The highest BCUT2D eigenvalue weighted by molar-refractivity contribution is 8.00. The van der Waals surface area contributed by atoms with Gasteiger partial charge in [-0.05, 0) is 33.8 Å². The molecule has 3 rings (SSSR count). The Labute approximate surface area is 214 Å². The summed E-state index contributed by atoms with van der Waals surface area (Å²) in [6.07, 6.45) is 1.28. The third-order valence-corrected chi connectivity index (χ3v) is 6.53. The van der Waals surface area contributed by atoms with Crippen LogP contribution >= 0.6 is 23.3 Å². The van der Waals surface area contributed by atoms with Gasteiger partial charge in [0.25, 0.3) is 11.8 Å². The number of carbonyl (C=O) groups is 4. The SMILES string of the molecule is CC1C=C(C(=O)O)N2C(=O)C(NC(=O)/C(=N/OCCCNC(=O)OC(C)(C)C)c3nsc(N)n3)[C@H]2S1. The predicted molar refractivity (Wildman–Crippen MR) is 131 cm³/mol. The summed E-state index contributed by atoms with van der Waals surface area (Å²) in [6, 6.07) is -0.966. The molecule has 1 saturated heterocycles. The number of aliphatic carboxylic acids is 1. The lowest BCUT2D eigenvalue weighted by molar-refractivity contribution is -0.150. The average Bonchev–Trinajstić information content (AvgIpc) is 3.20. The standard InChI is InChI=1S/C20H27N7O7S2/c1-9-8-10(17(30)31)27-15(29)12(16(27)35-9)23-14(28)11(13-24-18(21)36-26-13)25-33-7-5-6-22-19(32)34-20(2,3)4/h8-9,12,16H,5-7H2,1-4H3,(H,22,32)(H,23,28)(H,30,31)(H2,21,24,26)/b25-11+/t9?,12?,16-/m1/s1. The van der Waals surface area contributed by atoms with Crippen molar-refractivity contribution < 1.29 is 33.9 Å². The zero-order valence-corrected chi connectivity index (χ0v) is 21.6. The Bertz CT molecular complexity index is 1100. The molecule has 5 N–H and O–H groups in total. The Morgan fingerprint density at radius 3 is 2.67 bits per heavy atom. The van der Waals surface area contributed by atoms with E-state index in [0.29, 0.717) is 6.42 Å². The van der Waals surface area contributed by atoms with E-state index in [1.54, 1.807) is 27.7 Å².